The van der Waals surface area contributed by atoms with Gasteiger partial charge in [0, 0.05) is 5.41 Å². The van der Waals surface area contributed by atoms with Gasteiger partial charge in [-0.15, -0.1) is 0 Å². The molecule has 0 aromatic carbocycles. The molecular weight excluding hydrogens is 138 g/mol. The largest absolute Gasteiger partial charge is 0.378 e. The molecular formula is C9H21NO. The van der Waals surface area contributed by atoms with E-state index in [1.807, 2.05) is 13.8 Å². The third-order valence-electron chi connectivity index (χ3n) is 1.79. The highest BCUT2D eigenvalue weighted by atomic mass is 16.3. The molecule has 0 saturated heterocycles. The molecule has 0 aliphatic rings. The van der Waals surface area contributed by atoms with E-state index in [1.54, 1.807) is 0 Å². The van der Waals surface area contributed by atoms with E-state index in [4.69, 9.17) is 5.73 Å². The molecule has 0 heterocycles. The summed E-state index contributed by atoms with van der Waals surface area (Å²) in [6, 6.07) is 0. The Labute approximate surface area is 69.8 Å². The first-order chi connectivity index (χ1) is 4.65. The first-order valence-electron chi connectivity index (χ1n) is 4.09. The van der Waals surface area contributed by atoms with Gasteiger partial charge in [0.05, 0.1) is 0 Å². The minimum absolute atomic E-state index is 0.182. The van der Waals surface area contributed by atoms with Crippen molar-refractivity contribution in [2.24, 2.45) is 16.6 Å². The lowest BCUT2D eigenvalue weighted by atomic mass is 9.75. The van der Waals surface area contributed by atoms with E-state index in [0.29, 0.717) is 0 Å². The normalized spacial score (nSPS) is 16.6. The van der Waals surface area contributed by atoms with Gasteiger partial charge in [-0.25, -0.2) is 0 Å². The van der Waals surface area contributed by atoms with E-state index >= 15 is 0 Å². The molecule has 0 aliphatic heterocycles. The molecule has 3 N–H and O–H groups in total. The first kappa shape index (κ1) is 10.9. The Kier molecular flexibility index (Phi) is 3.09. The van der Waals surface area contributed by atoms with Crippen molar-refractivity contribution in [3.05, 3.63) is 0 Å². The maximum Gasteiger partial charge on any atom is 0.107 e. The molecule has 2 heteroatoms. The minimum Gasteiger partial charge on any atom is -0.378 e. The molecule has 0 aromatic heterocycles. The van der Waals surface area contributed by atoms with Crippen molar-refractivity contribution in [1.29, 1.82) is 0 Å². The van der Waals surface area contributed by atoms with Gasteiger partial charge >= 0.3 is 0 Å². The molecule has 0 rings (SSSR count). The maximum absolute atomic E-state index is 9.22. The zero-order valence-corrected chi connectivity index (χ0v) is 8.31. The Bertz CT molecular complexity index is 122. The molecule has 0 radical (unpaired) electrons. The van der Waals surface area contributed by atoms with E-state index in [1.165, 1.54) is 0 Å². The zero-order valence-electron chi connectivity index (χ0n) is 8.31. The standard InChI is InChI=1S/C9H21NO/c1-8(2,3)6-9(4,5)7(10)11/h7,11H,6,10H2,1-5H3. The predicted octanol–water partition coefficient (Wildman–Crippen LogP) is 1.73. The van der Waals surface area contributed by atoms with E-state index in [9.17, 15) is 5.11 Å². The Morgan fingerprint density at radius 3 is 1.64 bits per heavy atom. The van der Waals surface area contributed by atoms with Crippen LogP contribution in [0.4, 0.5) is 0 Å². The van der Waals surface area contributed by atoms with Crippen LogP contribution in [0.15, 0.2) is 0 Å². The van der Waals surface area contributed by atoms with Gasteiger partial charge in [-0.2, -0.15) is 0 Å². The fourth-order valence-electron chi connectivity index (χ4n) is 1.47. The minimum atomic E-state index is -0.721. The highest BCUT2D eigenvalue weighted by molar-refractivity contribution is 4.79. The summed E-state index contributed by atoms with van der Waals surface area (Å²) in [5.74, 6) is 0. The van der Waals surface area contributed by atoms with Crippen molar-refractivity contribution in [1.82, 2.24) is 0 Å². The summed E-state index contributed by atoms with van der Waals surface area (Å²) in [4.78, 5) is 0. The Morgan fingerprint density at radius 1 is 1.18 bits per heavy atom. The maximum atomic E-state index is 9.22. The Hall–Kier alpha value is -0.0800. The summed E-state index contributed by atoms with van der Waals surface area (Å²) in [6.07, 6.45) is 0.208. The average Bonchev–Trinajstić information content (AvgIpc) is 1.56. The lowest BCUT2D eigenvalue weighted by Gasteiger charge is -2.34. The number of nitrogens with two attached hydrogens (primary N) is 1. The van der Waals surface area contributed by atoms with Gasteiger partial charge in [0.15, 0.2) is 0 Å². The monoisotopic (exact) mass is 159 g/mol. The molecule has 1 unspecified atom stereocenters. The Balaban J connectivity index is 4.13. The molecule has 0 aromatic rings. The molecule has 0 spiro atoms. The predicted molar refractivity (Wildman–Crippen MR) is 48.0 cm³/mol. The third-order valence-corrected chi connectivity index (χ3v) is 1.79. The van der Waals surface area contributed by atoms with Gasteiger partial charge in [0.1, 0.15) is 6.23 Å². The quantitative estimate of drug-likeness (QED) is 0.603. The number of hydrogen-bond donors (Lipinski definition) is 2. The number of hydrogen-bond acceptors (Lipinski definition) is 2. The van der Waals surface area contributed by atoms with Crippen LogP contribution < -0.4 is 5.73 Å². The summed E-state index contributed by atoms with van der Waals surface area (Å²) in [5, 5.41) is 9.22. The molecule has 68 valence electrons. The summed E-state index contributed by atoms with van der Waals surface area (Å²) in [5.41, 5.74) is 5.48. The van der Waals surface area contributed by atoms with E-state index in [-0.39, 0.29) is 10.8 Å². The third kappa shape index (κ3) is 4.38. The van der Waals surface area contributed by atoms with Gasteiger partial charge in [-0.1, -0.05) is 34.6 Å². The fraction of sp³-hybridized carbons (Fsp3) is 1.00. The van der Waals surface area contributed by atoms with Crippen LogP contribution in [0.3, 0.4) is 0 Å². The summed E-state index contributed by atoms with van der Waals surface area (Å²) >= 11 is 0. The van der Waals surface area contributed by atoms with Gasteiger partial charge in [0.2, 0.25) is 0 Å². The van der Waals surface area contributed by atoms with E-state index < -0.39 is 6.23 Å². The van der Waals surface area contributed by atoms with E-state index in [0.717, 1.165) is 6.42 Å². The molecule has 0 saturated carbocycles. The van der Waals surface area contributed by atoms with Crippen molar-refractivity contribution in [2.45, 2.75) is 47.3 Å². The van der Waals surface area contributed by atoms with Crippen LogP contribution >= 0.6 is 0 Å². The molecule has 1 atom stereocenters. The van der Waals surface area contributed by atoms with E-state index in [2.05, 4.69) is 20.8 Å². The lowest BCUT2D eigenvalue weighted by molar-refractivity contribution is 0.0258. The number of aliphatic hydroxyl groups is 1. The fourth-order valence-corrected chi connectivity index (χ4v) is 1.47. The molecule has 0 amide bonds. The van der Waals surface area contributed by atoms with Gasteiger partial charge in [0.25, 0.3) is 0 Å². The second-order valence-electron chi connectivity index (χ2n) is 5.17. The number of aliphatic hydroxyl groups excluding tert-OH is 1. The second kappa shape index (κ2) is 3.11. The highest BCUT2D eigenvalue weighted by Crippen LogP contribution is 2.34. The van der Waals surface area contributed by atoms with Crippen LogP contribution in [0.1, 0.15) is 41.0 Å². The molecule has 0 aliphatic carbocycles. The molecule has 11 heavy (non-hydrogen) atoms. The topological polar surface area (TPSA) is 46.2 Å². The highest BCUT2D eigenvalue weighted by Gasteiger charge is 2.29. The van der Waals surface area contributed by atoms with Crippen LogP contribution in [0.25, 0.3) is 0 Å². The van der Waals surface area contributed by atoms with Gasteiger partial charge in [-0.3, -0.25) is 0 Å². The average molecular weight is 159 g/mol. The number of rotatable bonds is 2. The van der Waals surface area contributed by atoms with Crippen LogP contribution in [0, 0.1) is 10.8 Å². The molecule has 2 nitrogen and oxygen atoms in total. The van der Waals surface area contributed by atoms with Crippen molar-refractivity contribution >= 4 is 0 Å². The van der Waals surface area contributed by atoms with Crippen LogP contribution in [-0.2, 0) is 0 Å². The zero-order chi connectivity index (χ0) is 9.28. The Morgan fingerprint density at radius 2 is 1.55 bits per heavy atom. The summed E-state index contributed by atoms with van der Waals surface area (Å²) < 4.78 is 0. The molecule has 0 bridgehead atoms. The van der Waals surface area contributed by atoms with Crippen LogP contribution in [0.2, 0.25) is 0 Å². The van der Waals surface area contributed by atoms with Crippen molar-refractivity contribution in [2.75, 3.05) is 0 Å². The van der Waals surface area contributed by atoms with Crippen molar-refractivity contribution in [3.8, 4) is 0 Å². The van der Waals surface area contributed by atoms with Gasteiger partial charge in [-0.05, 0) is 11.8 Å². The summed E-state index contributed by atoms with van der Waals surface area (Å²) in [7, 11) is 0. The van der Waals surface area contributed by atoms with Crippen LogP contribution in [-0.4, -0.2) is 11.3 Å². The van der Waals surface area contributed by atoms with Gasteiger partial charge < -0.3 is 10.8 Å². The second-order valence-corrected chi connectivity index (χ2v) is 5.17. The smallest absolute Gasteiger partial charge is 0.107 e. The van der Waals surface area contributed by atoms with Crippen molar-refractivity contribution < 1.29 is 5.11 Å². The van der Waals surface area contributed by atoms with Crippen molar-refractivity contribution in [3.63, 3.8) is 0 Å². The first-order valence-corrected chi connectivity index (χ1v) is 4.09. The SMILES string of the molecule is CC(C)(C)CC(C)(C)C(N)O. The lowest BCUT2D eigenvalue weighted by Crippen LogP contribution is -2.39. The summed E-state index contributed by atoms with van der Waals surface area (Å²) in [6.45, 7) is 10.4. The van der Waals surface area contributed by atoms with Crippen LogP contribution in [0.5, 0.6) is 0 Å². The molecule has 0 fully saturated rings.